The van der Waals surface area contributed by atoms with Crippen LogP contribution in [0.1, 0.15) is 5.56 Å². The molecule has 0 bridgehead atoms. The molecule has 0 radical (unpaired) electrons. The van der Waals surface area contributed by atoms with Crippen molar-refractivity contribution in [3.05, 3.63) is 59.1 Å². The fraction of sp³-hybridized carbons (Fsp3) is 0.143. The summed E-state index contributed by atoms with van der Waals surface area (Å²) in [6.45, 7) is -2.43. The van der Waals surface area contributed by atoms with Crippen molar-refractivity contribution < 1.29 is 13.5 Å². The number of anilines is 1. The van der Waals surface area contributed by atoms with E-state index < -0.39 is 6.61 Å². The fourth-order valence-corrected chi connectivity index (χ4v) is 1.75. The van der Waals surface area contributed by atoms with E-state index in [-0.39, 0.29) is 5.75 Å². The molecule has 0 aliphatic rings. The van der Waals surface area contributed by atoms with Crippen LogP contribution in [0.5, 0.6) is 5.75 Å². The normalized spacial score (nSPS) is 10.5. The highest BCUT2D eigenvalue weighted by atomic mass is 35.5. The SMILES string of the molecule is FC(F)Oc1ccccc1CNc1ccc(Cl)cc1. The Morgan fingerprint density at radius 3 is 2.42 bits per heavy atom. The van der Waals surface area contributed by atoms with E-state index in [1.807, 2.05) is 12.1 Å². The molecule has 19 heavy (non-hydrogen) atoms. The second kappa shape index (κ2) is 6.38. The van der Waals surface area contributed by atoms with Crippen LogP contribution in [-0.4, -0.2) is 6.61 Å². The highest BCUT2D eigenvalue weighted by Gasteiger charge is 2.08. The van der Waals surface area contributed by atoms with E-state index in [0.717, 1.165) is 5.69 Å². The Morgan fingerprint density at radius 1 is 1.05 bits per heavy atom. The monoisotopic (exact) mass is 283 g/mol. The molecule has 2 aromatic rings. The van der Waals surface area contributed by atoms with Crippen molar-refractivity contribution in [1.82, 2.24) is 0 Å². The average molecular weight is 284 g/mol. The third-order valence-electron chi connectivity index (χ3n) is 2.52. The zero-order valence-electron chi connectivity index (χ0n) is 9.95. The maximum Gasteiger partial charge on any atom is 0.387 e. The Morgan fingerprint density at radius 2 is 1.74 bits per heavy atom. The molecule has 0 fully saturated rings. The van der Waals surface area contributed by atoms with Crippen molar-refractivity contribution in [2.24, 2.45) is 0 Å². The van der Waals surface area contributed by atoms with Crippen molar-refractivity contribution in [3.63, 3.8) is 0 Å². The molecule has 0 saturated heterocycles. The molecule has 0 aliphatic heterocycles. The molecule has 0 saturated carbocycles. The van der Waals surface area contributed by atoms with Crippen LogP contribution in [0.25, 0.3) is 0 Å². The molecule has 0 spiro atoms. The quantitative estimate of drug-likeness (QED) is 0.869. The van der Waals surface area contributed by atoms with Gasteiger partial charge in [-0.05, 0) is 30.3 Å². The van der Waals surface area contributed by atoms with E-state index in [9.17, 15) is 8.78 Å². The summed E-state index contributed by atoms with van der Waals surface area (Å²) >= 11 is 5.78. The van der Waals surface area contributed by atoms with Gasteiger partial charge in [-0.1, -0.05) is 29.8 Å². The first-order valence-electron chi connectivity index (χ1n) is 5.67. The van der Waals surface area contributed by atoms with E-state index in [2.05, 4.69) is 10.1 Å². The van der Waals surface area contributed by atoms with Crippen LogP contribution >= 0.6 is 11.6 Å². The van der Waals surface area contributed by atoms with E-state index in [0.29, 0.717) is 17.1 Å². The maximum absolute atomic E-state index is 12.3. The average Bonchev–Trinajstić information content (AvgIpc) is 2.39. The second-order valence-electron chi connectivity index (χ2n) is 3.85. The van der Waals surface area contributed by atoms with Crippen molar-refractivity contribution in [2.45, 2.75) is 13.2 Å². The molecule has 0 aromatic heterocycles. The minimum atomic E-state index is -2.82. The van der Waals surface area contributed by atoms with Gasteiger partial charge in [-0.15, -0.1) is 0 Å². The van der Waals surface area contributed by atoms with Gasteiger partial charge in [0.1, 0.15) is 5.75 Å². The third-order valence-corrected chi connectivity index (χ3v) is 2.77. The smallest absolute Gasteiger partial charge is 0.387 e. The predicted octanol–water partition coefficient (Wildman–Crippen LogP) is 4.55. The Bertz CT molecular complexity index is 531. The lowest BCUT2D eigenvalue weighted by Gasteiger charge is -2.12. The molecule has 100 valence electrons. The van der Waals surface area contributed by atoms with E-state index in [4.69, 9.17) is 11.6 Å². The van der Waals surface area contributed by atoms with Gasteiger partial charge in [0.05, 0.1) is 0 Å². The maximum atomic E-state index is 12.3. The minimum absolute atomic E-state index is 0.180. The number of halogens is 3. The summed E-state index contributed by atoms with van der Waals surface area (Å²) in [4.78, 5) is 0. The van der Waals surface area contributed by atoms with Crippen molar-refractivity contribution in [3.8, 4) is 5.75 Å². The number of para-hydroxylation sites is 1. The lowest BCUT2D eigenvalue weighted by molar-refractivity contribution is -0.0504. The van der Waals surface area contributed by atoms with E-state index >= 15 is 0 Å². The van der Waals surface area contributed by atoms with Gasteiger partial charge >= 0.3 is 6.61 Å². The van der Waals surface area contributed by atoms with Gasteiger partial charge in [-0.2, -0.15) is 8.78 Å². The number of nitrogens with one attached hydrogen (secondary N) is 1. The number of ether oxygens (including phenoxy) is 1. The summed E-state index contributed by atoms with van der Waals surface area (Å²) in [6.07, 6.45) is 0. The van der Waals surface area contributed by atoms with E-state index in [1.165, 1.54) is 6.07 Å². The summed E-state index contributed by atoms with van der Waals surface area (Å²) < 4.78 is 29.0. The lowest BCUT2D eigenvalue weighted by atomic mass is 10.2. The molecule has 0 heterocycles. The van der Waals surface area contributed by atoms with Crippen molar-refractivity contribution in [1.29, 1.82) is 0 Å². The number of benzene rings is 2. The van der Waals surface area contributed by atoms with Crippen LogP contribution in [0.4, 0.5) is 14.5 Å². The Kier molecular flexibility index (Phi) is 4.58. The molecular weight excluding hydrogens is 272 g/mol. The summed E-state index contributed by atoms with van der Waals surface area (Å²) in [5, 5.41) is 3.76. The predicted molar refractivity (Wildman–Crippen MR) is 71.9 cm³/mol. The summed E-state index contributed by atoms with van der Waals surface area (Å²) in [5.74, 6) is 0.180. The van der Waals surface area contributed by atoms with Gasteiger partial charge in [-0.25, -0.2) is 0 Å². The first-order chi connectivity index (χ1) is 9.15. The zero-order valence-corrected chi connectivity index (χ0v) is 10.7. The third kappa shape index (κ3) is 4.10. The van der Waals surface area contributed by atoms with Gasteiger partial charge in [0.2, 0.25) is 0 Å². The van der Waals surface area contributed by atoms with Crippen LogP contribution in [0, 0.1) is 0 Å². The highest BCUT2D eigenvalue weighted by Crippen LogP contribution is 2.22. The summed E-state index contributed by atoms with van der Waals surface area (Å²) in [6, 6.07) is 13.8. The Labute approximate surface area is 115 Å². The molecular formula is C14H12ClF2NO. The topological polar surface area (TPSA) is 21.3 Å². The molecule has 0 unspecified atom stereocenters. The van der Waals surface area contributed by atoms with Crippen LogP contribution in [0.15, 0.2) is 48.5 Å². The molecule has 0 amide bonds. The number of hydrogen-bond donors (Lipinski definition) is 1. The second-order valence-corrected chi connectivity index (χ2v) is 4.28. The summed E-state index contributed by atoms with van der Waals surface area (Å²) in [5.41, 5.74) is 1.52. The highest BCUT2D eigenvalue weighted by molar-refractivity contribution is 6.30. The summed E-state index contributed by atoms with van der Waals surface area (Å²) in [7, 11) is 0. The van der Waals surface area contributed by atoms with Gasteiger partial charge in [0.25, 0.3) is 0 Å². The molecule has 2 rings (SSSR count). The lowest BCUT2D eigenvalue weighted by Crippen LogP contribution is -2.07. The van der Waals surface area contributed by atoms with Crippen molar-refractivity contribution >= 4 is 17.3 Å². The Hall–Kier alpha value is -1.81. The largest absolute Gasteiger partial charge is 0.434 e. The van der Waals surface area contributed by atoms with Crippen LogP contribution in [0.3, 0.4) is 0 Å². The van der Waals surface area contributed by atoms with Gasteiger partial charge in [-0.3, -0.25) is 0 Å². The first kappa shape index (κ1) is 13.6. The van der Waals surface area contributed by atoms with Gasteiger partial charge in [0, 0.05) is 22.8 Å². The fourth-order valence-electron chi connectivity index (χ4n) is 1.63. The zero-order chi connectivity index (χ0) is 13.7. The van der Waals surface area contributed by atoms with Crippen molar-refractivity contribution in [2.75, 3.05) is 5.32 Å². The molecule has 0 atom stereocenters. The standard InChI is InChI=1S/C14H12ClF2NO/c15-11-5-7-12(8-6-11)18-9-10-3-1-2-4-13(10)19-14(16)17/h1-8,14,18H,9H2. The van der Waals surface area contributed by atoms with Crippen LogP contribution < -0.4 is 10.1 Å². The molecule has 5 heteroatoms. The van der Waals surface area contributed by atoms with Crippen LogP contribution in [0.2, 0.25) is 5.02 Å². The van der Waals surface area contributed by atoms with Gasteiger partial charge in [0.15, 0.2) is 0 Å². The van der Waals surface area contributed by atoms with E-state index in [1.54, 1.807) is 30.3 Å². The molecule has 0 aliphatic carbocycles. The molecule has 2 aromatic carbocycles. The number of rotatable bonds is 5. The van der Waals surface area contributed by atoms with Crippen LogP contribution in [-0.2, 0) is 6.54 Å². The minimum Gasteiger partial charge on any atom is -0.434 e. The first-order valence-corrected chi connectivity index (χ1v) is 6.05. The number of alkyl halides is 2. The van der Waals surface area contributed by atoms with Gasteiger partial charge < -0.3 is 10.1 Å². The molecule has 2 nitrogen and oxygen atoms in total. The number of hydrogen-bond acceptors (Lipinski definition) is 2. The molecule has 1 N–H and O–H groups in total. The Balaban J connectivity index is 2.04.